The Morgan fingerprint density at radius 3 is 2.70 bits per heavy atom. The Hall–Kier alpha value is -2.45. The molecule has 0 aliphatic carbocycles. The lowest BCUT2D eigenvalue weighted by molar-refractivity contribution is -0.115. The molecular weight excluding hydrogens is 380 g/mol. The van der Waals surface area contributed by atoms with E-state index < -0.39 is 0 Å². The zero-order valence-electron chi connectivity index (χ0n) is 15.4. The third-order valence-electron chi connectivity index (χ3n) is 3.64. The Morgan fingerprint density at radius 2 is 1.96 bits per heavy atom. The molecule has 0 saturated heterocycles. The monoisotopic (exact) mass is 400 g/mol. The van der Waals surface area contributed by atoms with Crippen LogP contribution < -0.4 is 10.1 Å². The molecule has 0 unspecified atom stereocenters. The first-order valence-corrected chi connectivity index (χ1v) is 10.2. The molecule has 0 aliphatic heterocycles. The first-order chi connectivity index (χ1) is 13.0. The summed E-state index contributed by atoms with van der Waals surface area (Å²) in [6, 6.07) is 9.61. The summed E-state index contributed by atoms with van der Waals surface area (Å²) in [5.74, 6) is 1.32. The molecule has 27 heavy (non-hydrogen) atoms. The van der Waals surface area contributed by atoms with E-state index in [2.05, 4.69) is 20.3 Å². The average molecular weight is 401 g/mol. The van der Waals surface area contributed by atoms with Crippen LogP contribution in [0.1, 0.15) is 17.8 Å². The highest BCUT2D eigenvalue weighted by Crippen LogP contribution is 2.27. The van der Waals surface area contributed by atoms with Gasteiger partial charge in [0.2, 0.25) is 5.91 Å². The maximum atomic E-state index is 12.2. The summed E-state index contributed by atoms with van der Waals surface area (Å²) in [6.07, 6.45) is 0.370. The van der Waals surface area contributed by atoms with Gasteiger partial charge in [-0.05, 0) is 32.0 Å². The highest BCUT2D eigenvalue weighted by molar-refractivity contribution is 7.99. The number of anilines is 1. The van der Waals surface area contributed by atoms with Gasteiger partial charge >= 0.3 is 0 Å². The van der Waals surface area contributed by atoms with E-state index >= 15 is 0 Å². The van der Waals surface area contributed by atoms with Gasteiger partial charge < -0.3 is 10.1 Å². The van der Waals surface area contributed by atoms with Crippen LogP contribution in [0.2, 0.25) is 0 Å². The summed E-state index contributed by atoms with van der Waals surface area (Å²) >= 11 is 2.88. The van der Waals surface area contributed by atoms with Gasteiger partial charge in [0.25, 0.3) is 0 Å². The third-order valence-corrected chi connectivity index (χ3v) is 5.24. The minimum atomic E-state index is -0.0709. The van der Waals surface area contributed by atoms with E-state index in [0.29, 0.717) is 22.5 Å². The SMILES string of the molecule is COc1cccc(-c2csc(NC(=O)CCSc3nc(C)cc(C)n3)n2)c1. The number of ether oxygens (including phenoxy) is 1. The number of thioether (sulfide) groups is 1. The van der Waals surface area contributed by atoms with Crippen LogP contribution in [-0.4, -0.2) is 33.7 Å². The predicted molar refractivity (Wildman–Crippen MR) is 110 cm³/mol. The number of carbonyl (C=O) groups is 1. The molecule has 1 N–H and O–H groups in total. The van der Waals surface area contributed by atoms with Crippen LogP contribution in [0, 0.1) is 13.8 Å². The van der Waals surface area contributed by atoms with E-state index in [-0.39, 0.29) is 5.91 Å². The minimum absolute atomic E-state index is 0.0709. The van der Waals surface area contributed by atoms with Gasteiger partial charge in [0.15, 0.2) is 10.3 Å². The van der Waals surface area contributed by atoms with Crippen LogP contribution in [0.4, 0.5) is 5.13 Å². The Bertz CT molecular complexity index is 923. The maximum Gasteiger partial charge on any atom is 0.226 e. The summed E-state index contributed by atoms with van der Waals surface area (Å²) in [4.78, 5) is 25.4. The van der Waals surface area contributed by atoms with Gasteiger partial charge in [-0.2, -0.15) is 0 Å². The number of hydrogen-bond acceptors (Lipinski definition) is 7. The molecule has 3 rings (SSSR count). The molecule has 0 spiro atoms. The molecule has 8 heteroatoms. The number of hydrogen-bond donors (Lipinski definition) is 1. The molecule has 140 valence electrons. The number of carbonyl (C=O) groups excluding carboxylic acids is 1. The standard InChI is InChI=1S/C19H20N4O2S2/c1-12-9-13(2)21-18(20-12)26-8-7-17(24)23-19-22-16(11-27-19)14-5-4-6-15(10-14)25-3/h4-6,9-11H,7-8H2,1-3H3,(H,22,23,24). The molecule has 3 aromatic rings. The van der Waals surface area contributed by atoms with E-state index in [9.17, 15) is 4.79 Å². The number of thiazole rings is 1. The quantitative estimate of drug-likeness (QED) is 0.469. The van der Waals surface area contributed by atoms with E-state index in [1.54, 1.807) is 7.11 Å². The zero-order chi connectivity index (χ0) is 19.2. The summed E-state index contributed by atoms with van der Waals surface area (Å²) < 4.78 is 5.24. The van der Waals surface area contributed by atoms with Crippen molar-refractivity contribution in [3.63, 3.8) is 0 Å². The number of benzene rings is 1. The molecule has 0 radical (unpaired) electrons. The maximum absolute atomic E-state index is 12.2. The van der Waals surface area contributed by atoms with Gasteiger partial charge in [0, 0.05) is 34.5 Å². The van der Waals surface area contributed by atoms with Crippen LogP contribution in [0.3, 0.4) is 0 Å². The number of nitrogens with one attached hydrogen (secondary N) is 1. The molecular formula is C19H20N4O2S2. The number of methoxy groups -OCH3 is 1. The lowest BCUT2D eigenvalue weighted by Crippen LogP contribution is -2.12. The molecule has 1 aromatic carbocycles. The van der Waals surface area contributed by atoms with Gasteiger partial charge in [-0.1, -0.05) is 23.9 Å². The van der Waals surface area contributed by atoms with Crippen molar-refractivity contribution in [1.82, 2.24) is 15.0 Å². The van der Waals surface area contributed by atoms with Crippen molar-refractivity contribution in [3.05, 3.63) is 47.1 Å². The highest BCUT2D eigenvalue weighted by atomic mass is 32.2. The molecule has 2 heterocycles. The number of aromatic nitrogens is 3. The summed E-state index contributed by atoms with van der Waals surface area (Å²) in [5, 5.41) is 6.06. The first-order valence-electron chi connectivity index (χ1n) is 8.38. The van der Waals surface area contributed by atoms with Crippen molar-refractivity contribution in [2.45, 2.75) is 25.4 Å². The molecule has 0 saturated carbocycles. The van der Waals surface area contributed by atoms with Gasteiger partial charge in [0.05, 0.1) is 12.8 Å². The summed E-state index contributed by atoms with van der Waals surface area (Å²) in [5.41, 5.74) is 3.63. The second-order valence-corrected chi connectivity index (χ2v) is 7.77. The predicted octanol–water partition coefficient (Wildman–Crippen LogP) is 4.35. The zero-order valence-corrected chi connectivity index (χ0v) is 17.0. The molecule has 1 amide bonds. The fraction of sp³-hybridized carbons (Fsp3) is 0.263. The summed E-state index contributed by atoms with van der Waals surface area (Å²) in [7, 11) is 1.63. The van der Waals surface area contributed by atoms with Crippen LogP contribution >= 0.6 is 23.1 Å². The van der Waals surface area contributed by atoms with Crippen molar-refractivity contribution in [2.75, 3.05) is 18.2 Å². The smallest absolute Gasteiger partial charge is 0.226 e. The third kappa shape index (κ3) is 5.51. The molecule has 0 atom stereocenters. The van der Waals surface area contributed by atoms with Crippen molar-refractivity contribution in [2.24, 2.45) is 0 Å². The van der Waals surface area contributed by atoms with Crippen LogP contribution in [0.5, 0.6) is 5.75 Å². The van der Waals surface area contributed by atoms with Gasteiger partial charge in [-0.15, -0.1) is 11.3 Å². The van der Waals surface area contributed by atoms with E-state index in [1.807, 2.05) is 49.6 Å². The first kappa shape index (κ1) is 19.3. The normalized spacial score (nSPS) is 10.6. The fourth-order valence-electron chi connectivity index (χ4n) is 2.42. The average Bonchev–Trinajstić information content (AvgIpc) is 3.09. The lowest BCUT2D eigenvalue weighted by Gasteiger charge is -2.03. The number of amides is 1. The van der Waals surface area contributed by atoms with E-state index in [0.717, 1.165) is 28.4 Å². The van der Waals surface area contributed by atoms with Crippen molar-refractivity contribution in [1.29, 1.82) is 0 Å². The second-order valence-electron chi connectivity index (χ2n) is 5.85. The van der Waals surface area contributed by atoms with Gasteiger partial charge in [-0.3, -0.25) is 4.79 Å². The van der Waals surface area contributed by atoms with E-state index in [1.165, 1.54) is 23.1 Å². The number of aryl methyl sites for hydroxylation is 2. The minimum Gasteiger partial charge on any atom is -0.497 e. The topological polar surface area (TPSA) is 77.0 Å². The van der Waals surface area contributed by atoms with Gasteiger partial charge in [-0.25, -0.2) is 15.0 Å². The molecule has 0 fully saturated rings. The fourth-order valence-corrected chi connectivity index (χ4v) is 4.04. The van der Waals surface area contributed by atoms with Crippen LogP contribution in [0.15, 0.2) is 40.9 Å². The summed E-state index contributed by atoms with van der Waals surface area (Å²) in [6.45, 7) is 3.88. The Labute approximate surface area is 166 Å². The molecule has 6 nitrogen and oxygen atoms in total. The van der Waals surface area contributed by atoms with Gasteiger partial charge in [0.1, 0.15) is 5.75 Å². The Morgan fingerprint density at radius 1 is 1.19 bits per heavy atom. The van der Waals surface area contributed by atoms with Crippen LogP contribution in [-0.2, 0) is 4.79 Å². The number of nitrogens with zero attached hydrogens (tertiary/aromatic N) is 3. The van der Waals surface area contributed by atoms with E-state index in [4.69, 9.17) is 4.74 Å². The Balaban J connectivity index is 1.53. The van der Waals surface area contributed by atoms with Crippen molar-refractivity contribution < 1.29 is 9.53 Å². The second kappa shape index (κ2) is 8.96. The number of rotatable bonds is 7. The van der Waals surface area contributed by atoms with Crippen LogP contribution in [0.25, 0.3) is 11.3 Å². The Kier molecular flexibility index (Phi) is 6.41. The lowest BCUT2D eigenvalue weighted by atomic mass is 10.2. The molecule has 0 bridgehead atoms. The largest absolute Gasteiger partial charge is 0.497 e. The molecule has 2 aromatic heterocycles. The molecule has 0 aliphatic rings. The highest BCUT2D eigenvalue weighted by Gasteiger charge is 2.10. The van der Waals surface area contributed by atoms with Crippen molar-refractivity contribution in [3.8, 4) is 17.0 Å². The van der Waals surface area contributed by atoms with Crippen molar-refractivity contribution >= 4 is 34.1 Å².